The van der Waals surface area contributed by atoms with Crippen molar-refractivity contribution in [2.24, 2.45) is 0 Å². The van der Waals surface area contributed by atoms with Crippen LogP contribution >= 0.6 is 11.6 Å². The van der Waals surface area contributed by atoms with E-state index in [1.54, 1.807) is 36.4 Å². The third-order valence-corrected chi connectivity index (χ3v) is 5.40. The van der Waals surface area contributed by atoms with Crippen LogP contribution in [-0.2, 0) is 6.54 Å². The first-order valence-corrected chi connectivity index (χ1v) is 10.2. The van der Waals surface area contributed by atoms with Crippen LogP contribution in [0.5, 0.6) is 17.2 Å². The molecule has 4 nitrogen and oxygen atoms in total. The van der Waals surface area contributed by atoms with E-state index in [1.807, 2.05) is 30.3 Å². The minimum absolute atomic E-state index is 0.120. The van der Waals surface area contributed by atoms with Gasteiger partial charge >= 0.3 is 0 Å². The maximum Gasteiger partial charge on any atom is 0.117 e. The lowest BCUT2D eigenvalue weighted by molar-refractivity contribution is 0.475. The summed E-state index contributed by atoms with van der Waals surface area (Å²) in [5, 5.41) is 29.8. The molecule has 0 aliphatic carbocycles. The number of hydrogen-bond acceptors (Lipinski definition) is 3. The molecule has 0 aliphatic rings. The van der Waals surface area contributed by atoms with E-state index in [0.29, 0.717) is 5.02 Å². The number of rotatable bonds is 5. The summed E-state index contributed by atoms with van der Waals surface area (Å²) in [4.78, 5) is 0. The summed E-state index contributed by atoms with van der Waals surface area (Å²) in [6.45, 7) is 2.88. The van der Waals surface area contributed by atoms with Crippen LogP contribution in [0.4, 0.5) is 0 Å². The maximum absolute atomic E-state index is 9.79. The number of aromatic hydroxyl groups is 3. The van der Waals surface area contributed by atoms with Gasteiger partial charge in [0.1, 0.15) is 17.2 Å². The van der Waals surface area contributed by atoms with Crippen molar-refractivity contribution in [2.45, 2.75) is 19.9 Å². The Balaban J connectivity index is 2.03. The predicted molar refractivity (Wildman–Crippen MR) is 121 cm³/mol. The van der Waals surface area contributed by atoms with Gasteiger partial charge in [-0.15, -0.1) is 0 Å². The number of benzene rings is 3. The van der Waals surface area contributed by atoms with Crippen LogP contribution in [0.1, 0.15) is 13.3 Å². The summed E-state index contributed by atoms with van der Waals surface area (Å²) < 4.78 is 2.22. The third-order valence-electron chi connectivity index (χ3n) is 5.09. The summed E-state index contributed by atoms with van der Waals surface area (Å²) >= 11 is 6.49. The minimum Gasteiger partial charge on any atom is -0.508 e. The first kappa shape index (κ1) is 19.9. The summed E-state index contributed by atoms with van der Waals surface area (Å²) in [6, 6.07) is 21.3. The van der Waals surface area contributed by atoms with Crippen LogP contribution in [0.25, 0.3) is 33.6 Å². The van der Waals surface area contributed by atoms with Crippen LogP contribution in [0.2, 0.25) is 5.02 Å². The molecule has 1 aromatic heterocycles. The Kier molecular flexibility index (Phi) is 5.42. The Bertz CT molecular complexity index is 1180. The monoisotopic (exact) mass is 419 g/mol. The fourth-order valence-corrected chi connectivity index (χ4v) is 4.00. The molecule has 0 unspecified atom stereocenters. The fourth-order valence-electron chi connectivity index (χ4n) is 3.73. The van der Waals surface area contributed by atoms with Crippen LogP contribution in [0.15, 0.2) is 72.8 Å². The van der Waals surface area contributed by atoms with E-state index >= 15 is 0 Å². The van der Waals surface area contributed by atoms with Crippen molar-refractivity contribution >= 4 is 11.6 Å². The van der Waals surface area contributed by atoms with Gasteiger partial charge in [0.15, 0.2) is 0 Å². The van der Waals surface area contributed by atoms with Gasteiger partial charge in [0, 0.05) is 17.7 Å². The van der Waals surface area contributed by atoms with Gasteiger partial charge in [-0.2, -0.15) is 0 Å². The summed E-state index contributed by atoms with van der Waals surface area (Å²) in [5.41, 5.74) is 5.68. The molecule has 0 saturated heterocycles. The van der Waals surface area contributed by atoms with Gasteiger partial charge in [-0.05, 0) is 78.2 Å². The molecule has 0 aliphatic heterocycles. The Labute approximate surface area is 180 Å². The number of halogens is 1. The topological polar surface area (TPSA) is 65.6 Å². The standard InChI is InChI=1S/C25H22ClNO3/c1-2-13-27-24(21-12-11-20(30)14-23(21)26)15-22(16-3-7-18(28)8-4-16)25(27)17-5-9-19(29)10-6-17/h3-12,14-15,28-30H,2,13H2,1H3. The largest absolute Gasteiger partial charge is 0.508 e. The Hall–Kier alpha value is -3.37. The quantitative estimate of drug-likeness (QED) is 0.338. The van der Waals surface area contributed by atoms with Crippen molar-refractivity contribution in [3.8, 4) is 50.9 Å². The average molecular weight is 420 g/mol. The molecular weight excluding hydrogens is 398 g/mol. The number of aromatic nitrogens is 1. The highest BCUT2D eigenvalue weighted by atomic mass is 35.5. The highest BCUT2D eigenvalue weighted by Gasteiger charge is 2.20. The molecule has 5 heteroatoms. The van der Waals surface area contributed by atoms with Crippen molar-refractivity contribution in [3.63, 3.8) is 0 Å². The molecule has 1 heterocycles. The number of nitrogens with zero attached hydrogens (tertiary/aromatic N) is 1. The number of hydrogen-bond donors (Lipinski definition) is 3. The lowest BCUT2D eigenvalue weighted by atomic mass is 10.0. The van der Waals surface area contributed by atoms with E-state index in [0.717, 1.165) is 46.6 Å². The molecule has 4 rings (SSSR count). The molecule has 0 atom stereocenters. The van der Waals surface area contributed by atoms with Gasteiger partial charge in [0.25, 0.3) is 0 Å². The lowest BCUT2D eigenvalue weighted by Crippen LogP contribution is -2.02. The normalized spacial score (nSPS) is 11.0. The van der Waals surface area contributed by atoms with Crippen molar-refractivity contribution < 1.29 is 15.3 Å². The molecule has 3 aromatic carbocycles. The van der Waals surface area contributed by atoms with Crippen molar-refractivity contribution in [1.29, 1.82) is 0 Å². The molecule has 152 valence electrons. The highest BCUT2D eigenvalue weighted by molar-refractivity contribution is 6.33. The van der Waals surface area contributed by atoms with Gasteiger partial charge in [-0.1, -0.05) is 30.7 Å². The minimum atomic E-state index is 0.120. The van der Waals surface area contributed by atoms with E-state index in [4.69, 9.17) is 11.6 Å². The van der Waals surface area contributed by atoms with Crippen LogP contribution < -0.4 is 0 Å². The molecule has 0 saturated carbocycles. The van der Waals surface area contributed by atoms with Gasteiger partial charge in [-0.3, -0.25) is 0 Å². The number of phenolic OH excluding ortho intramolecular Hbond substituents is 3. The predicted octanol–water partition coefficient (Wildman–Crippen LogP) is 6.67. The zero-order valence-electron chi connectivity index (χ0n) is 16.5. The molecule has 0 radical (unpaired) electrons. The molecule has 3 N–H and O–H groups in total. The molecule has 0 bridgehead atoms. The highest BCUT2D eigenvalue weighted by Crippen LogP contribution is 2.42. The molecule has 0 spiro atoms. The second-order valence-corrected chi connectivity index (χ2v) is 7.61. The van der Waals surface area contributed by atoms with E-state index in [-0.39, 0.29) is 17.2 Å². The number of phenols is 3. The zero-order valence-corrected chi connectivity index (χ0v) is 17.3. The molecule has 0 fully saturated rings. The first-order chi connectivity index (χ1) is 14.5. The van der Waals surface area contributed by atoms with Crippen molar-refractivity contribution in [1.82, 2.24) is 4.57 Å². The smallest absolute Gasteiger partial charge is 0.117 e. The average Bonchev–Trinajstić information content (AvgIpc) is 3.08. The van der Waals surface area contributed by atoms with Crippen LogP contribution in [0.3, 0.4) is 0 Å². The Morgan fingerprint density at radius 3 is 1.83 bits per heavy atom. The second kappa shape index (κ2) is 8.17. The molecule has 30 heavy (non-hydrogen) atoms. The Morgan fingerprint density at radius 1 is 0.700 bits per heavy atom. The van der Waals surface area contributed by atoms with Gasteiger partial charge in [0.05, 0.1) is 16.4 Å². The zero-order chi connectivity index (χ0) is 21.3. The third kappa shape index (κ3) is 3.74. The van der Waals surface area contributed by atoms with Gasteiger partial charge < -0.3 is 19.9 Å². The van der Waals surface area contributed by atoms with Gasteiger partial charge in [0.2, 0.25) is 0 Å². The summed E-state index contributed by atoms with van der Waals surface area (Å²) in [5.74, 6) is 0.537. The molecule has 0 amide bonds. The van der Waals surface area contributed by atoms with Crippen LogP contribution in [-0.4, -0.2) is 19.9 Å². The van der Waals surface area contributed by atoms with Gasteiger partial charge in [-0.25, -0.2) is 0 Å². The second-order valence-electron chi connectivity index (χ2n) is 7.20. The van der Waals surface area contributed by atoms with Crippen molar-refractivity contribution in [2.75, 3.05) is 0 Å². The molecule has 4 aromatic rings. The molecular formula is C25H22ClNO3. The lowest BCUT2D eigenvalue weighted by Gasteiger charge is -2.15. The van der Waals surface area contributed by atoms with E-state index in [1.165, 1.54) is 0 Å². The Morgan fingerprint density at radius 2 is 1.27 bits per heavy atom. The SMILES string of the molecule is CCCn1c(-c2ccc(O)cc2Cl)cc(-c2ccc(O)cc2)c1-c1ccc(O)cc1. The van der Waals surface area contributed by atoms with E-state index < -0.39 is 0 Å². The van der Waals surface area contributed by atoms with E-state index in [2.05, 4.69) is 17.6 Å². The van der Waals surface area contributed by atoms with Crippen molar-refractivity contribution in [3.05, 3.63) is 77.8 Å². The summed E-state index contributed by atoms with van der Waals surface area (Å²) in [6.07, 6.45) is 0.914. The van der Waals surface area contributed by atoms with Crippen LogP contribution in [0, 0.1) is 0 Å². The van der Waals surface area contributed by atoms with E-state index in [9.17, 15) is 15.3 Å². The fraction of sp³-hybridized carbons (Fsp3) is 0.120. The summed E-state index contributed by atoms with van der Waals surface area (Å²) in [7, 11) is 0. The maximum atomic E-state index is 9.79. The first-order valence-electron chi connectivity index (χ1n) is 9.79.